The van der Waals surface area contributed by atoms with Crippen LogP contribution >= 0.6 is 0 Å². The molecule has 1 aliphatic heterocycles. The molecule has 2 rings (SSSR count). The molecule has 0 bridgehead atoms. The van der Waals surface area contributed by atoms with Gasteiger partial charge in [0, 0.05) is 33.7 Å². The lowest BCUT2D eigenvalue weighted by Crippen LogP contribution is -2.49. The fourth-order valence-corrected chi connectivity index (χ4v) is 4.05. The minimum Gasteiger partial charge on any atom is -0.497 e. The highest BCUT2D eigenvalue weighted by Crippen LogP contribution is 2.20. The number of ether oxygens (including phenoxy) is 1. The first-order valence-corrected chi connectivity index (χ1v) is 9.82. The molecule has 8 heteroatoms. The Balaban J connectivity index is 1.83. The molecule has 1 aromatic carbocycles. The van der Waals surface area contributed by atoms with E-state index in [9.17, 15) is 13.2 Å². The van der Waals surface area contributed by atoms with Gasteiger partial charge in [-0.15, -0.1) is 0 Å². The summed E-state index contributed by atoms with van der Waals surface area (Å²) in [6, 6.07) is 7.72. The Morgan fingerprint density at radius 3 is 2.60 bits per heavy atom. The summed E-state index contributed by atoms with van der Waals surface area (Å²) >= 11 is 0. The predicted molar refractivity (Wildman–Crippen MR) is 96.6 cm³/mol. The predicted octanol–water partition coefficient (Wildman–Crippen LogP) is 0.872. The maximum absolute atomic E-state index is 12.4. The second-order valence-corrected chi connectivity index (χ2v) is 8.52. The van der Waals surface area contributed by atoms with Crippen molar-refractivity contribution < 1.29 is 17.9 Å². The third kappa shape index (κ3) is 5.17. The van der Waals surface area contributed by atoms with Gasteiger partial charge in [-0.05, 0) is 37.0 Å². The number of methoxy groups -OCH3 is 1. The summed E-state index contributed by atoms with van der Waals surface area (Å²) in [4.78, 5) is 12.4. The number of nitrogens with one attached hydrogen (secondary N) is 1. The molecule has 1 unspecified atom stereocenters. The fraction of sp³-hybridized carbons (Fsp3) is 0.588. The van der Waals surface area contributed by atoms with Gasteiger partial charge in [-0.25, -0.2) is 0 Å². The molecule has 1 N–H and O–H groups in total. The van der Waals surface area contributed by atoms with E-state index in [4.69, 9.17) is 4.74 Å². The molecule has 0 aromatic heterocycles. The summed E-state index contributed by atoms with van der Waals surface area (Å²) < 4.78 is 32.1. The zero-order valence-electron chi connectivity index (χ0n) is 15.1. The molecule has 0 radical (unpaired) electrons. The van der Waals surface area contributed by atoms with Crippen molar-refractivity contribution in [2.75, 3.05) is 40.8 Å². The Hall–Kier alpha value is -1.64. The molecule has 0 saturated carbocycles. The van der Waals surface area contributed by atoms with Gasteiger partial charge in [-0.3, -0.25) is 4.79 Å². The van der Waals surface area contributed by atoms with Crippen LogP contribution in [0.2, 0.25) is 0 Å². The molecule has 25 heavy (non-hydrogen) atoms. The topological polar surface area (TPSA) is 79.0 Å². The number of amides is 1. The lowest BCUT2D eigenvalue weighted by atomic mass is 9.99. The lowest BCUT2D eigenvalue weighted by Gasteiger charge is -2.32. The van der Waals surface area contributed by atoms with Gasteiger partial charge in [-0.1, -0.05) is 12.1 Å². The minimum atomic E-state index is -3.46. The zero-order chi connectivity index (χ0) is 18.4. The van der Waals surface area contributed by atoms with E-state index in [0.29, 0.717) is 25.9 Å². The summed E-state index contributed by atoms with van der Waals surface area (Å²) in [5.41, 5.74) is 1.11. The van der Waals surface area contributed by atoms with Gasteiger partial charge in [0.15, 0.2) is 0 Å². The highest BCUT2D eigenvalue weighted by atomic mass is 32.2. The highest BCUT2D eigenvalue weighted by Gasteiger charge is 2.33. The van der Waals surface area contributed by atoms with E-state index in [1.807, 2.05) is 24.3 Å². The van der Waals surface area contributed by atoms with Crippen LogP contribution in [0.3, 0.4) is 0 Å². The van der Waals surface area contributed by atoms with Crippen LogP contribution in [-0.4, -0.2) is 63.8 Å². The van der Waals surface area contributed by atoms with E-state index >= 15 is 0 Å². The number of hydrogen-bond donors (Lipinski definition) is 1. The van der Waals surface area contributed by atoms with Crippen molar-refractivity contribution >= 4 is 16.1 Å². The van der Waals surface area contributed by atoms with Crippen molar-refractivity contribution in [1.29, 1.82) is 0 Å². The largest absolute Gasteiger partial charge is 0.497 e. The van der Waals surface area contributed by atoms with Crippen LogP contribution in [0.25, 0.3) is 0 Å². The first kappa shape index (κ1) is 19.7. The van der Waals surface area contributed by atoms with Crippen molar-refractivity contribution in [3.8, 4) is 5.75 Å². The maximum atomic E-state index is 12.4. The second kappa shape index (κ2) is 8.64. The Bertz CT molecular complexity index is 674. The summed E-state index contributed by atoms with van der Waals surface area (Å²) in [6.45, 7) is 1.24. The number of hydrogen-bond acceptors (Lipinski definition) is 4. The quantitative estimate of drug-likeness (QED) is 0.774. The average Bonchev–Trinajstić information content (AvgIpc) is 2.62. The minimum absolute atomic E-state index is 0.0767. The van der Waals surface area contributed by atoms with Gasteiger partial charge in [-0.2, -0.15) is 17.0 Å². The molecule has 1 aliphatic rings. The van der Waals surface area contributed by atoms with Crippen LogP contribution in [0.1, 0.15) is 18.4 Å². The number of carbonyl (C=O) groups excluding carboxylic acids is 1. The maximum Gasteiger partial charge on any atom is 0.281 e. The number of nitrogens with zero attached hydrogens (tertiary/aromatic N) is 2. The molecule has 1 amide bonds. The van der Waals surface area contributed by atoms with E-state index in [2.05, 4.69) is 5.32 Å². The smallest absolute Gasteiger partial charge is 0.281 e. The SMILES string of the molecule is COc1ccc(CCNC(=O)C2CCCN(S(=O)(=O)N(C)C)C2)cc1. The second-order valence-electron chi connectivity index (χ2n) is 6.38. The normalized spacial score (nSPS) is 19.0. The average molecular weight is 369 g/mol. The molecule has 1 saturated heterocycles. The molecule has 1 aromatic rings. The molecule has 7 nitrogen and oxygen atoms in total. The van der Waals surface area contributed by atoms with Crippen molar-refractivity contribution in [2.24, 2.45) is 5.92 Å². The Morgan fingerprint density at radius 1 is 1.32 bits per heavy atom. The molecule has 140 valence electrons. The van der Waals surface area contributed by atoms with Crippen LogP contribution in [0, 0.1) is 5.92 Å². The zero-order valence-corrected chi connectivity index (χ0v) is 15.9. The Labute approximate surface area is 150 Å². The van der Waals surface area contributed by atoms with Crippen molar-refractivity contribution in [3.63, 3.8) is 0 Å². The number of benzene rings is 1. The summed E-state index contributed by atoms with van der Waals surface area (Å²) in [6.07, 6.45) is 2.14. The van der Waals surface area contributed by atoms with Crippen LogP contribution in [0.4, 0.5) is 0 Å². The number of rotatable bonds is 7. The van der Waals surface area contributed by atoms with Gasteiger partial charge in [0.1, 0.15) is 5.75 Å². The van der Waals surface area contributed by atoms with Gasteiger partial charge in [0.2, 0.25) is 5.91 Å². The van der Waals surface area contributed by atoms with E-state index < -0.39 is 10.2 Å². The first-order chi connectivity index (χ1) is 11.8. The van der Waals surface area contributed by atoms with E-state index in [1.165, 1.54) is 22.7 Å². The standard InChI is InChI=1S/C17H27N3O4S/c1-19(2)25(22,23)20-12-4-5-15(13-20)17(21)18-11-10-14-6-8-16(24-3)9-7-14/h6-9,15H,4-5,10-13H2,1-3H3,(H,18,21). The molecule has 1 heterocycles. The fourth-order valence-electron chi connectivity index (χ4n) is 2.86. The van der Waals surface area contributed by atoms with Crippen LogP contribution < -0.4 is 10.1 Å². The monoisotopic (exact) mass is 369 g/mol. The van der Waals surface area contributed by atoms with Gasteiger partial charge in [0.05, 0.1) is 13.0 Å². The number of carbonyl (C=O) groups is 1. The molecule has 0 aliphatic carbocycles. The Morgan fingerprint density at radius 2 is 2.00 bits per heavy atom. The highest BCUT2D eigenvalue weighted by molar-refractivity contribution is 7.86. The van der Waals surface area contributed by atoms with Gasteiger partial charge in [0.25, 0.3) is 10.2 Å². The van der Waals surface area contributed by atoms with Crippen LogP contribution in [-0.2, 0) is 21.4 Å². The Kier molecular flexibility index (Phi) is 6.80. The van der Waals surface area contributed by atoms with Crippen molar-refractivity contribution in [1.82, 2.24) is 13.9 Å². The van der Waals surface area contributed by atoms with Gasteiger partial charge >= 0.3 is 0 Å². The van der Waals surface area contributed by atoms with E-state index in [0.717, 1.165) is 17.7 Å². The molecular formula is C17H27N3O4S. The van der Waals surface area contributed by atoms with Crippen molar-refractivity contribution in [2.45, 2.75) is 19.3 Å². The summed E-state index contributed by atoms with van der Waals surface area (Å²) in [5.74, 6) is 0.434. The number of piperidine rings is 1. The van der Waals surface area contributed by atoms with Crippen molar-refractivity contribution in [3.05, 3.63) is 29.8 Å². The van der Waals surface area contributed by atoms with E-state index in [1.54, 1.807) is 7.11 Å². The third-order valence-corrected chi connectivity index (χ3v) is 6.32. The van der Waals surface area contributed by atoms with Gasteiger partial charge < -0.3 is 10.1 Å². The molecular weight excluding hydrogens is 342 g/mol. The third-order valence-electron chi connectivity index (χ3n) is 4.41. The summed E-state index contributed by atoms with van der Waals surface area (Å²) in [7, 11) is 1.18. The van der Waals surface area contributed by atoms with Crippen LogP contribution in [0.5, 0.6) is 5.75 Å². The lowest BCUT2D eigenvalue weighted by molar-refractivity contribution is -0.126. The summed E-state index contributed by atoms with van der Waals surface area (Å²) in [5, 5.41) is 2.93. The molecule has 1 fully saturated rings. The molecule has 1 atom stereocenters. The molecule has 0 spiro atoms. The first-order valence-electron chi connectivity index (χ1n) is 8.43. The van der Waals surface area contributed by atoms with E-state index in [-0.39, 0.29) is 18.4 Å². The van der Waals surface area contributed by atoms with Crippen LogP contribution in [0.15, 0.2) is 24.3 Å².